The predicted octanol–water partition coefficient (Wildman–Crippen LogP) is 3.46. The van der Waals surface area contributed by atoms with Crippen molar-refractivity contribution >= 4 is 0 Å². The number of rotatable bonds is 4. The van der Waals surface area contributed by atoms with E-state index in [0.717, 1.165) is 18.4 Å². The van der Waals surface area contributed by atoms with Crippen LogP contribution in [0.25, 0.3) is 0 Å². The van der Waals surface area contributed by atoms with Gasteiger partial charge in [0.15, 0.2) is 6.29 Å². The lowest BCUT2D eigenvalue weighted by Gasteiger charge is -2.61. The van der Waals surface area contributed by atoms with Crippen molar-refractivity contribution in [3.8, 4) is 0 Å². The van der Waals surface area contributed by atoms with Gasteiger partial charge in [0.25, 0.3) is 0 Å². The molecule has 2 nitrogen and oxygen atoms in total. The third-order valence-electron chi connectivity index (χ3n) is 5.05. The monoisotopic (exact) mass is 226 g/mol. The summed E-state index contributed by atoms with van der Waals surface area (Å²) in [6.45, 7) is 12.0. The van der Waals surface area contributed by atoms with Crippen LogP contribution in [0.1, 0.15) is 47.5 Å². The molecule has 16 heavy (non-hydrogen) atoms. The lowest BCUT2D eigenvalue weighted by molar-refractivity contribution is -0.230. The van der Waals surface area contributed by atoms with Crippen LogP contribution in [-0.2, 0) is 9.47 Å². The molecule has 0 amide bonds. The molecule has 0 aliphatic heterocycles. The molecule has 0 heterocycles. The zero-order valence-corrected chi connectivity index (χ0v) is 11.3. The maximum absolute atomic E-state index is 6.02. The highest BCUT2D eigenvalue weighted by molar-refractivity contribution is 5.05. The third kappa shape index (κ3) is 1.91. The van der Waals surface area contributed by atoms with Crippen LogP contribution in [0.15, 0.2) is 0 Å². The summed E-state index contributed by atoms with van der Waals surface area (Å²) in [6, 6.07) is 0. The molecular weight excluding hydrogens is 200 g/mol. The maximum Gasteiger partial charge on any atom is 0.155 e. The molecule has 3 rings (SSSR count). The van der Waals surface area contributed by atoms with Crippen molar-refractivity contribution in [2.45, 2.75) is 59.9 Å². The van der Waals surface area contributed by atoms with Gasteiger partial charge in [-0.25, -0.2) is 0 Å². The van der Waals surface area contributed by atoms with Crippen molar-refractivity contribution < 1.29 is 9.47 Å². The van der Waals surface area contributed by atoms with Crippen LogP contribution in [0.4, 0.5) is 0 Å². The Morgan fingerprint density at radius 1 is 1.31 bits per heavy atom. The van der Waals surface area contributed by atoms with E-state index >= 15 is 0 Å². The zero-order valence-electron chi connectivity index (χ0n) is 11.3. The Morgan fingerprint density at radius 3 is 2.50 bits per heavy atom. The minimum absolute atomic E-state index is 0.0435. The minimum Gasteiger partial charge on any atom is -0.353 e. The van der Waals surface area contributed by atoms with Gasteiger partial charge in [0.05, 0.1) is 6.10 Å². The molecule has 3 fully saturated rings. The van der Waals surface area contributed by atoms with Crippen molar-refractivity contribution in [2.24, 2.45) is 23.2 Å². The van der Waals surface area contributed by atoms with E-state index in [1.165, 1.54) is 12.8 Å². The molecule has 0 aromatic rings. The van der Waals surface area contributed by atoms with Gasteiger partial charge in [-0.2, -0.15) is 0 Å². The second-order valence-electron chi connectivity index (χ2n) is 6.15. The summed E-state index contributed by atoms with van der Waals surface area (Å²) in [7, 11) is 0. The Hall–Kier alpha value is -0.0800. The van der Waals surface area contributed by atoms with Gasteiger partial charge in [0.1, 0.15) is 0 Å². The van der Waals surface area contributed by atoms with Gasteiger partial charge < -0.3 is 9.47 Å². The molecule has 1 unspecified atom stereocenters. The number of fused-ring (bicyclic) bond motifs is 2. The van der Waals surface area contributed by atoms with E-state index < -0.39 is 0 Å². The van der Waals surface area contributed by atoms with E-state index in [2.05, 4.69) is 20.8 Å². The van der Waals surface area contributed by atoms with Crippen molar-refractivity contribution in [3.05, 3.63) is 0 Å². The highest BCUT2D eigenvalue weighted by Crippen LogP contribution is 2.61. The van der Waals surface area contributed by atoms with E-state index in [1.807, 2.05) is 13.8 Å². The van der Waals surface area contributed by atoms with Crippen LogP contribution < -0.4 is 0 Å². The first-order valence-corrected chi connectivity index (χ1v) is 6.73. The van der Waals surface area contributed by atoms with Crippen molar-refractivity contribution in [1.29, 1.82) is 0 Å². The fraction of sp³-hybridized carbons (Fsp3) is 1.00. The highest BCUT2D eigenvalue weighted by Gasteiger charge is 2.56. The summed E-state index contributed by atoms with van der Waals surface area (Å²) >= 11 is 0. The summed E-state index contributed by atoms with van der Waals surface area (Å²) in [5, 5.41) is 0. The molecule has 0 aromatic heterocycles. The maximum atomic E-state index is 6.02. The second kappa shape index (κ2) is 4.30. The van der Waals surface area contributed by atoms with Crippen LogP contribution in [0.3, 0.4) is 0 Å². The molecule has 0 saturated heterocycles. The number of ether oxygens (including phenoxy) is 2. The normalized spacial score (nSPS) is 42.6. The molecule has 3 aliphatic rings. The zero-order chi connectivity index (χ0) is 11.9. The first kappa shape index (κ1) is 12.4. The number of hydrogen-bond acceptors (Lipinski definition) is 2. The topological polar surface area (TPSA) is 18.5 Å². The van der Waals surface area contributed by atoms with Crippen molar-refractivity contribution in [3.63, 3.8) is 0 Å². The standard InChI is InChI=1S/C14H26O2/c1-6-15-10(3)16-13-8-11-7-12(9(13)2)14(11,4)5/h9-13H,6-8H2,1-5H3/t9-,10?,11-,12+,13-/m1/s1. The van der Waals surface area contributed by atoms with Gasteiger partial charge in [-0.05, 0) is 49.9 Å². The molecule has 3 saturated carbocycles. The summed E-state index contributed by atoms with van der Waals surface area (Å²) in [5.41, 5.74) is 0.550. The Labute approximate surface area is 99.7 Å². The minimum atomic E-state index is -0.0435. The first-order valence-electron chi connectivity index (χ1n) is 6.73. The second-order valence-corrected chi connectivity index (χ2v) is 6.15. The SMILES string of the molecule is CCOC(C)O[C@@H]1C[C@H]2C[C@@H]([C@H]1C)C2(C)C. The van der Waals surface area contributed by atoms with Crippen molar-refractivity contribution in [2.75, 3.05) is 6.61 Å². The lowest BCUT2D eigenvalue weighted by atomic mass is 9.45. The van der Waals surface area contributed by atoms with Gasteiger partial charge in [0, 0.05) is 6.61 Å². The molecule has 0 N–H and O–H groups in total. The van der Waals surface area contributed by atoms with E-state index in [9.17, 15) is 0 Å². The van der Waals surface area contributed by atoms with Crippen LogP contribution in [-0.4, -0.2) is 19.0 Å². The van der Waals surface area contributed by atoms with Crippen LogP contribution in [0, 0.1) is 23.2 Å². The van der Waals surface area contributed by atoms with E-state index in [4.69, 9.17) is 9.47 Å². The molecule has 5 atom stereocenters. The average Bonchev–Trinajstić information content (AvgIpc) is 2.20. The fourth-order valence-corrected chi connectivity index (χ4v) is 3.80. The molecular formula is C14H26O2. The molecule has 0 aromatic carbocycles. The first-order chi connectivity index (χ1) is 7.46. The molecule has 0 radical (unpaired) electrons. The smallest absolute Gasteiger partial charge is 0.155 e. The van der Waals surface area contributed by atoms with Gasteiger partial charge in [-0.1, -0.05) is 20.8 Å². The van der Waals surface area contributed by atoms with Gasteiger partial charge >= 0.3 is 0 Å². The summed E-state index contributed by atoms with van der Waals surface area (Å²) in [4.78, 5) is 0. The molecule has 0 spiro atoms. The van der Waals surface area contributed by atoms with Crippen LogP contribution in [0.5, 0.6) is 0 Å². The van der Waals surface area contributed by atoms with Gasteiger partial charge in [0.2, 0.25) is 0 Å². The van der Waals surface area contributed by atoms with Gasteiger partial charge in [-0.3, -0.25) is 0 Å². The predicted molar refractivity (Wildman–Crippen MR) is 65.1 cm³/mol. The fourth-order valence-electron chi connectivity index (χ4n) is 3.80. The van der Waals surface area contributed by atoms with E-state index in [-0.39, 0.29) is 6.29 Å². The van der Waals surface area contributed by atoms with Crippen LogP contribution >= 0.6 is 0 Å². The quantitative estimate of drug-likeness (QED) is 0.683. The Bertz CT molecular complexity index is 249. The molecule has 2 bridgehead atoms. The molecule has 2 heteroatoms. The molecule has 94 valence electrons. The Kier molecular flexibility index (Phi) is 3.33. The Balaban J connectivity index is 1.90. The highest BCUT2D eigenvalue weighted by atomic mass is 16.7. The largest absolute Gasteiger partial charge is 0.353 e. The lowest BCUT2D eigenvalue weighted by Crippen LogP contribution is -2.57. The summed E-state index contributed by atoms with van der Waals surface area (Å²) in [5.74, 6) is 2.40. The van der Waals surface area contributed by atoms with E-state index in [0.29, 0.717) is 17.4 Å². The Morgan fingerprint density at radius 2 is 2.00 bits per heavy atom. The summed E-state index contributed by atoms with van der Waals surface area (Å²) < 4.78 is 11.5. The molecule has 3 aliphatic carbocycles. The number of hydrogen-bond donors (Lipinski definition) is 0. The third-order valence-corrected chi connectivity index (χ3v) is 5.05. The average molecular weight is 226 g/mol. The van der Waals surface area contributed by atoms with Crippen molar-refractivity contribution in [1.82, 2.24) is 0 Å². The van der Waals surface area contributed by atoms with Gasteiger partial charge in [-0.15, -0.1) is 0 Å². The summed E-state index contributed by atoms with van der Waals surface area (Å²) in [6.07, 6.45) is 3.01. The van der Waals surface area contributed by atoms with Crippen LogP contribution in [0.2, 0.25) is 0 Å². The van der Waals surface area contributed by atoms with E-state index in [1.54, 1.807) is 0 Å².